The van der Waals surface area contributed by atoms with Crippen LogP contribution < -0.4 is 0 Å². The van der Waals surface area contributed by atoms with Gasteiger partial charge in [0, 0.05) is 25.2 Å². The first-order valence-corrected chi connectivity index (χ1v) is 7.99. The molecule has 0 heterocycles. The van der Waals surface area contributed by atoms with E-state index >= 15 is 0 Å². The van der Waals surface area contributed by atoms with E-state index in [1.165, 1.54) is 30.2 Å². The van der Waals surface area contributed by atoms with Crippen LogP contribution in [-0.4, -0.2) is 35.9 Å². The quantitative estimate of drug-likeness (QED) is 0.431. The van der Waals surface area contributed by atoms with E-state index in [9.17, 15) is 19.7 Å². The largest absolute Gasteiger partial charge is 0.465 e. The molecule has 0 atom stereocenters. The monoisotopic (exact) mass is 406 g/mol. The highest BCUT2D eigenvalue weighted by Gasteiger charge is 2.18. The summed E-state index contributed by atoms with van der Waals surface area (Å²) in [6.07, 6.45) is 0. The SMILES string of the molecule is COC(=O)c1ccc(CN(C)C(=O)c2ccc(Br)c([N+](=O)[O-])c2)cc1. The molecule has 2 aromatic carbocycles. The van der Waals surface area contributed by atoms with Gasteiger partial charge in [-0.1, -0.05) is 12.1 Å². The third-order valence-corrected chi connectivity index (χ3v) is 4.20. The van der Waals surface area contributed by atoms with E-state index in [0.29, 0.717) is 16.6 Å². The Balaban J connectivity index is 2.14. The highest BCUT2D eigenvalue weighted by atomic mass is 79.9. The van der Waals surface area contributed by atoms with Gasteiger partial charge in [0.25, 0.3) is 11.6 Å². The van der Waals surface area contributed by atoms with Crippen LogP contribution in [0.5, 0.6) is 0 Å². The number of hydrogen-bond donors (Lipinski definition) is 0. The van der Waals surface area contributed by atoms with Gasteiger partial charge in [0.15, 0.2) is 0 Å². The lowest BCUT2D eigenvalue weighted by atomic mass is 10.1. The maximum atomic E-state index is 12.5. The van der Waals surface area contributed by atoms with Crippen LogP contribution in [0.25, 0.3) is 0 Å². The molecule has 2 aromatic rings. The molecule has 25 heavy (non-hydrogen) atoms. The van der Waals surface area contributed by atoms with E-state index in [1.54, 1.807) is 31.3 Å². The van der Waals surface area contributed by atoms with E-state index in [-0.39, 0.29) is 17.2 Å². The standard InChI is InChI=1S/C17H15BrN2O5/c1-19(10-11-3-5-12(6-4-11)17(22)25-2)16(21)13-7-8-14(18)15(9-13)20(23)24/h3-9H,10H2,1-2H3. The van der Waals surface area contributed by atoms with Crippen molar-refractivity contribution in [2.24, 2.45) is 0 Å². The summed E-state index contributed by atoms with van der Waals surface area (Å²) >= 11 is 3.09. The van der Waals surface area contributed by atoms with Crippen molar-refractivity contribution < 1.29 is 19.2 Å². The number of carbonyl (C=O) groups is 2. The number of nitro benzene ring substituents is 1. The van der Waals surface area contributed by atoms with Crippen molar-refractivity contribution >= 4 is 33.5 Å². The maximum absolute atomic E-state index is 12.5. The highest BCUT2D eigenvalue weighted by molar-refractivity contribution is 9.10. The van der Waals surface area contributed by atoms with Gasteiger partial charge in [-0.3, -0.25) is 14.9 Å². The minimum atomic E-state index is -0.549. The lowest BCUT2D eigenvalue weighted by Gasteiger charge is -2.17. The van der Waals surface area contributed by atoms with Crippen LogP contribution in [0.3, 0.4) is 0 Å². The topological polar surface area (TPSA) is 89.8 Å². The lowest BCUT2D eigenvalue weighted by Crippen LogP contribution is -2.26. The number of hydrogen-bond acceptors (Lipinski definition) is 5. The van der Waals surface area contributed by atoms with Crippen LogP contribution in [-0.2, 0) is 11.3 Å². The minimum absolute atomic E-state index is 0.165. The van der Waals surface area contributed by atoms with Crippen molar-refractivity contribution in [2.75, 3.05) is 14.2 Å². The average Bonchev–Trinajstić information content (AvgIpc) is 2.61. The molecule has 130 valence electrons. The molecule has 0 saturated carbocycles. The maximum Gasteiger partial charge on any atom is 0.337 e. The second-order valence-electron chi connectivity index (χ2n) is 5.27. The number of carbonyl (C=O) groups excluding carboxylic acids is 2. The van der Waals surface area contributed by atoms with Gasteiger partial charge < -0.3 is 9.64 Å². The number of nitrogens with zero attached hydrogens (tertiary/aromatic N) is 2. The predicted molar refractivity (Wildman–Crippen MR) is 94.4 cm³/mol. The van der Waals surface area contributed by atoms with Crippen molar-refractivity contribution in [3.8, 4) is 0 Å². The van der Waals surface area contributed by atoms with E-state index in [2.05, 4.69) is 20.7 Å². The molecule has 2 rings (SSSR count). The second kappa shape index (κ2) is 7.89. The molecule has 0 radical (unpaired) electrons. The Bertz CT molecular complexity index is 820. The van der Waals surface area contributed by atoms with Crippen LogP contribution in [0.4, 0.5) is 5.69 Å². The molecule has 0 spiro atoms. The molecule has 0 fully saturated rings. The molecule has 0 unspecified atom stereocenters. The van der Waals surface area contributed by atoms with Crippen molar-refractivity contribution in [1.82, 2.24) is 4.90 Å². The Kier molecular flexibility index (Phi) is 5.87. The summed E-state index contributed by atoms with van der Waals surface area (Å²) in [6, 6.07) is 10.9. The highest BCUT2D eigenvalue weighted by Crippen LogP contribution is 2.26. The summed E-state index contributed by atoms with van der Waals surface area (Å²) < 4.78 is 4.95. The lowest BCUT2D eigenvalue weighted by molar-refractivity contribution is -0.385. The van der Waals surface area contributed by atoms with Gasteiger partial charge in [-0.15, -0.1) is 0 Å². The number of rotatable bonds is 5. The molecule has 0 bridgehead atoms. The summed E-state index contributed by atoms with van der Waals surface area (Å²) in [7, 11) is 2.91. The zero-order valence-electron chi connectivity index (χ0n) is 13.6. The Morgan fingerprint density at radius 2 is 1.76 bits per heavy atom. The van der Waals surface area contributed by atoms with Crippen LogP contribution in [0.1, 0.15) is 26.3 Å². The number of ether oxygens (including phenoxy) is 1. The fourth-order valence-corrected chi connectivity index (χ4v) is 2.61. The fourth-order valence-electron chi connectivity index (χ4n) is 2.22. The third-order valence-electron chi connectivity index (χ3n) is 3.53. The van der Waals surface area contributed by atoms with Crippen molar-refractivity contribution in [1.29, 1.82) is 0 Å². The Morgan fingerprint density at radius 3 is 2.32 bits per heavy atom. The van der Waals surface area contributed by atoms with E-state index in [4.69, 9.17) is 0 Å². The molecule has 8 heteroatoms. The first kappa shape index (κ1) is 18.6. The van der Waals surface area contributed by atoms with Gasteiger partial charge in [-0.05, 0) is 45.8 Å². The Hall–Kier alpha value is -2.74. The molecule has 7 nitrogen and oxygen atoms in total. The summed E-state index contributed by atoms with van der Waals surface area (Å²) in [5.41, 5.74) is 1.30. The fraction of sp³-hybridized carbons (Fsp3) is 0.176. The molecule has 0 saturated heterocycles. The molecule has 0 aliphatic heterocycles. The second-order valence-corrected chi connectivity index (χ2v) is 6.13. The Morgan fingerprint density at radius 1 is 1.16 bits per heavy atom. The van der Waals surface area contributed by atoms with E-state index in [0.717, 1.165) is 5.56 Å². The molecule has 1 amide bonds. The Labute approximate surface area is 152 Å². The number of benzene rings is 2. The number of amides is 1. The summed E-state index contributed by atoms with van der Waals surface area (Å²) in [5, 5.41) is 11.0. The molecule has 0 aliphatic rings. The zero-order valence-corrected chi connectivity index (χ0v) is 15.1. The van der Waals surface area contributed by atoms with Gasteiger partial charge >= 0.3 is 5.97 Å². The van der Waals surface area contributed by atoms with Crippen LogP contribution in [0, 0.1) is 10.1 Å². The van der Waals surface area contributed by atoms with Crippen LogP contribution >= 0.6 is 15.9 Å². The molecule has 0 N–H and O–H groups in total. The third kappa shape index (κ3) is 4.42. The van der Waals surface area contributed by atoms with Gasteiger partial charge in [0.1, 0.15) is 0 Å². The van der Waals surface area contributed by atoms with Gasteiger partial charge in [-0.2, -0.15) is 0 Å². The normalized spacial score (nSPS) is 10.2. The summed E-state index contributed by atoms with van der Waals surface area (Å²) in [4.78, 5) is 35.8. The van der Waals surface area contributed by atoms with E-state index < -0.39 is 10.9 Å². The van der Waals surface area contributed by atoms with Gasteiger partial charge in [-0.25, -0.2) is 4.79 Å². The number of nitro groups is 1. The predicted octanol–water partition coefficient (Wildman–Crippen LogP) is 3.42. The van der Waals surface area contributed by atoms with Crippen molar-refractivity contribution in [3.05, 3.63) is 73.7 Å². The van der Waals surface area contributed by atoms with Crippen LogP contribution in [0.2, 0.25) is 0 Å². The van der Waals surface area contributed by atoms with E-state index in [1.807, 2.05) is 0 Å². The summed E-state index contributed by atoms with van der Waals surface area (Å²) in [5.74, 6) is -0.772. The van der Waals surface area contributed by atoms with Gasteiger partial charge in [0.2, 0.25) is 0 Å². The molecule has 0 aromatic heterocycles. The first-order valence-electron chi connectivity index (χ1n) is 7.20. The molecular formula is C17H15BrN2O5. The van der Waals surface area contributed by atoms with Gasteiger partial charge in [0.05, 0.1) is 22.1 Å². The molecular weight excluding hydrogens is 392 g/mol. The minimum Gasteiger partial charge on any atom is -0.465 e. The van der Waals surface area contributed by atoms with Crippen molar-refractivity contribution in [3.63, 3.8) is 0 Å². The van der Waals surface area contributed by atoms with Crippen molar-refractivity contribution in [2.45, 2.75) is 6.54 Å². The first-order chi connectivity index (χ1) is 11.8. The smallest absolute Gasteiger partial charge is 0.337 e. The summed E-state index contributed by atoms with van der Waals surface area (Å²) in [6.45, 7) is 0.296. The average molecular weight is 407 g/mol. The number of methoxy groups -OCH3 is 1. The van der Waals surface area contributed by atoms with Crippen LogP contribution in [0.15, 0.2) is 46.9 Å². The number of esters is 1. The zero-order chi connectivity index (χ0) is 18.6. The number of halogens is 1. The molecule has 0 aliphatic carbocycles.